The van der Waals surface area contributed by atoms with Crippen LogP contribution in [0.25, 0.3) is 11.1 Å². The van der Waals surface area contributed by atoms with Crippen molar-refractivity contribution in [2.75, 3.05) is 7.11 Å². The number of halogens is 2. The van der Waals surface area contributed by atoms with Crippen LogP contribution in [0.1, 0.15) is 18.4 Å². The van der Waals surface area contributed by atoms with Crippen LogP contribution < -0.4 is 10.1 Å². The largest absolute Gasteiger partial charge is 0.494 e. The standard InChI is InChI=1S/C17H17F2NO/c1-21-16-4-2-3-14(17(16)19)15-9-12(18)6-5-11(15)10-20-13-7-8-13/h2-6,9,13,20H,7-8,10H2,1H3. The highest BCUT2D eigenvalue weighted by molar-refractivity contribution is 5.69. The van der Waals surface area contributed by atoms with E-state index in [0.717, 1.165) is 5.56 Å². The lowest BCUT2D eigenvalue weighted by Crippen LogP contribution is -2.16. The van der Waals surface area contributed by atoms with E-state index in [4.69, 9.17) is 4.74 Å². The number of ether oxygens (including phenoxy) is 1. The Bertz CT molecular complexity index is 653. The zero-order chi connectivity index (χ0) is 14.8. The van der Waals surface area contributed by atoms with Crippen LogP contribution in [0, 0.1) is 11.6 Å². The lowest BCUT2D eigenvalue weighted by atomic mass is 9.98. The Morgan fingerprint density at radius 3 is 2.67 bits per heavy atom. The van der Waals surface area contributed by atoms with Gasteiger partial charge in [-0.2, -0.15) is 0 Å². The van der Waals surface area contributed by atoms with Gasteiger partial charge >= 0.3 is 0 Å². The van der Waals surface area contributed by atoms with E-state index >= 15 is 0 Å². The van der Waals surface area contributed by atoms with Gasteiger partial charge in [0.2, 0.25) is 0 Å². The van der Waals surface area contributed by atoms with Gasteiger partial charge in [0.25, 0.3) is 0 Å². The molecule has 3 rings (SSSR count). The molecule has 1 fully saturated rings. The summed E-state index contributed by atoms with van der Waals surface area (Å²) in [6.45, 7) is 0.608. The summed E-state index contributed by atoms with van der Waals surface area (Å²) in [6, 6.07) is 9.94. The van der Waals surface area contributed by atoms with Gasteiger partial charge in [-0.3, -0.25) is 0 Å². The lowest BCUT2D eigenvalue weighted by molar-refractivity contribution is 0.387. The Labute approximate surface area is 122 Å². The summed E-state index contributed by atoms with van der Waals surface area (Å²) < 4.78 is 33.0. The highest BCUT2D eigenvalue weighted by Gasteiger charge is 2.21. The Morgan fingerprint density at radius 2 is 1.95 bits per heavy atom. The lowest BCUT2D eigenvalue weighted by Gasteiger charge is -2.13. The van der Waals surface area contributed by atoms with Crippen LogP contribution in [-0.4, -0.2) is 13.2 Å². The molecule has 21 heavy (non-hydrogen) atoms. The van der Waals surface area contributed by atoms with Crippen LogP contribution >= 0.6 is 0 Å². The van der Waals surface area contributed by atoms with E-state index in [1.165, 1.54) is 32.1 Å². The third kappa shape index (κ3) is 3.05. The van der Waals surface area contributed by atoms with Crippen LogP contribution in [0.15, 0.2) is 36.4 Å². The van der Waals surface area contributed by atoms with Crippen LogP contribution in [-0.2, 0) is 6.54 Å². The third-order valence-electron chi connectivity index (χ3n) is 3.70. The van der Waals surface area contributed by atoms with Crippen molar-refractivity contribution in [3.63, 3.8) is 0 Å². The van der Waals surface area contributed by atoms with E-state index in [0.29, 0.717) is 23.7 Å². The first-order valence-corrected chi connectivity index (χ1v) is 7.03. The smallest absolute Gasteiger partial charge is 0.172 e. The second-order valence-corrected chi connectivity index (χ2v) is 5.28. The average Bonchev–Trinajstić information content (AvgIpc) is 3.30. The Morgan fingerprint density at radius 1 is 1.14 bits per heavy atom. The molecular weight excluding hydrogens is 272 g/mol. The molecule has 0 saturated heterocycles. The topological polar surface area (TPSA) is 21.3 Å². The summed E-state index contributed by atoms with van der Waals surface area (Å²) in [4.78, 5) is 0. The van der Waals surface area contributed by atoms with Crippen molar-refractivity contribution in [3.05, 3.63) is 53.6 Å². The number of rotatable bonds is 5. The second kappa shape index (κ2) is 5.82. The van der Waals surface area contributed by atoms with Crippen LogP contribution in [0.5, 0.6) is 5.75 Å². The van der Waals surface area contributed by atoms with E-state index in [2.05, 4.69) is 5.32 Å². The minimum atomic E-state index is -0.460. The summed E-state index contributed by atoms with van der Waals surface area (Å²) in [5, 5.41) is 3.37. The molecule has 0 radical (unpaired) electrons. The Balaban J connectivity index is 2.01. The summed E-state index contributed by atoms with van der Waals surface area (Å²) in [6.07, 6.45) is 2.34. The van der Waals surface area contributed by atoms with Gasteiger partial charge in [0.15, 0.2) is 11.6 Å². The molecule has 4 heteroatoms. The quantitative estimate of drug-likeness (QED) is 0.901. The molecule has 0 heterocycles. The van der Waals surface area contributed by atoms with E-state index in [-0.39, 0.29) is 11.6 Å². The van der Waals surface area contributed by atoms with Crippen molar-refractivity contribution in [2.24, 2.45) is 0 Å². The Kier molecular flexibility index (Phi) is 3.88. The van der Waals surface area contributed by atoms with Crippen molar-refractivity contribution < 1.29 is 13.5 Å². The van der Waals surface area contributed by atoms with Gasteiger partial charge in [0.05, 0.1) is 7.11 Å². The highest BCUT2D eigenvalue weighted by Crippen LogP contribution is 2.32. The molecule has 2 nitrogen and oxygen atoms in total. The molecule has 110 valence electrons. The molecule has 0 atom stereocenters. The monoisotopic (exact) mass is 289 g/mol. The highest BCUT2D eigenvalue weighted by atomic mass is 19.1. The number of methoxy groups -OCH3 is 1. The minimum absolute atomic E-state index is 0.165. The fraction of sp³-hybridized carbons (Fsp3) is 0.294. The van der Waals surface area contributed by atoms with Crippen molar-refractivity contribution in [1.82, 2.24) is 5.32 Å². The SMILES string of the molecule is COc1cccc(-c2cc(F)ccc2CNC2CC2)c1F. The summed E-state index contributed by atoms with van der Waals surface area (Å²) in [5.41, 5.74) is 1.82. The van der Waals surface area contributed by atoms with Gasteiger partial charge in [-0.15, -0.1) is 0 Å². The summed E-state index contributed by atoms with van der Waals surface area (Å²) in [7, 11) is 1.42. The molecule has 0 aromatic heterocycles. The third-order valence-corrected chi connectivity index (χ3v) is 3.70. The minimum Gasteiger partial charge on any atom is -0.494 e. The Hall–Kier alpha value is -1.94. The number of nitrogens with one attached hydrogen (secondary N) is 1. The first-order chi connectivity index (χ1) is 10.2. The predicted molar refractivity (Wildman–Crippen MR) is 78.2 cm³/mol. The van der Waals surface area contributed by atoms with Gasteiger partial charge in [-0.1, -0.05) is 18.2 Å². The fourth-order valence-corrected chi connectivity index (χ4v) is 2.37. The number of hydrogen-bond donors (Lipinski definition) is 1. The molecule has 1 N–H and O–H groups in total. The molecule has 2 aromatic carbocycles. The van der Waals surface area contributed by atoms with Crippen molar-refractivity contribution >= 4 is 0 Å². The first-order valence-electron chi connectivity index (χ1n) is 7.03. The summed E-state index contributed by atoms with van der Waals surface area (Å²) in [5.74, 6) is -0.668. The molecular formula is C17H17F2NO. The average molecular weight is 289 g/mol. The molecule has 2 aromatic rings. The maximum Gasteiger partial charge on any atom is 0.172 e. The first kappa shape index (κ1) is 14.0. The maximum atomic E-state index is 14.4. The van der Waals surface area contributed by atoms with E-state index in [1.54, 1.807) is 24.3 Å². The zero-order valence-electron chi connectivity index (χ0n) is 11.8. The zero-order valence-corrected chi connectivity index (χ0v) is 11.8. The van der Waals surface area contributed by atoms with Crippen LogP contribution in [0.2, 0.25) is 0 Å². The predicted octanol–water partition coefficient (Wildman–Crippen LogP) is 3.89. The van der Waals surface area contributed by atoms with Gasteiger partial charge in [-0.05, 0) is 42.2 Å². The number of hydrogen-bond acceptors (Lipinski definition) is 2. The fourth-order valence-electron chi connectivity index (χ4n) is 2.37. The van der Waals surface area contributed by atoms with Gasteiger partial charge < -0.3 is 10.1 Å². The molecule has 1 aliphatic carbocycles. The van der Waals surface area contributed by atoms with Gasteiger partial charge in [0, 0.05) is 18.2 Å². The van der Waals surface area contributed by atoms with Crippen molar-refractivity contribution in [3.8, 4) is 16.9 Å². The summed E-state index contributed by atoms with van der Waals surface area (Å²) >= 11 is 0. The maximum absolute atomic E-state index is 14.4. The number of benzene rings is 2. The molecule has 1 saturated carbocycles. The normalized spacial score (nSPS) is 14.2. The molecule has 0 spiro atoms. The van der Waals surface area contributed by atoms with Crippen molar-refractivity contribution in [1.29, 1.82) is 0 Å². The molecule has 0 aliphatic heterocycles. The van der Waals surface area contributed by atoms with E-state index in [9.17, 15) is 8.78 Å². The van der Waals surface area contributed by atoms with Gasteiger partial charge in [-0.25, -0.2) is 8.78 Å². The molecule has 1 aliphatic rings. The second-order valence-electron chi connectivity index (χ2n) is 5.28. The van der Waals surface area contributed by atoms with E-state index in [1.807, 2.05) is 0 Å². The molecule has 0 amide bonds. The van der Waals surface area contributed by atoms with Crippen LogP contribution in [0.4, 0.5) is 8.78 Å². The van der Waals surface area contributed by atoms with Crippen LogP contribution in [0.3, 0.4) is 0 Å². The van der Waals surface area contributed by atoms with Gasteiger partial charge in [0.1, 0.15) is 5.82 Å². The van der Waals surface area contributed by atoms with Crippen molar-refractivity contribution in [2.45, 2.75) is 25.4 Å². The molecule has 0 unspecified atom stereocenters. The molecule has 0 bridgehead atoms. The van der Waals surface area contributed by atoms with E-state index < -0.39 is 5.82 Å².